The van der Waals surface area contributed by atoms with Gasteiger partial charge in [0.15, 0.2) is 0 Å². The van der Waals surface area contributed by atoms with E-state index in [0.29, 0.717) is 6.10 Å². The van der Waals surface area contributed by atoms with Crippen LogP contribution in [0.3, 0.4) is 0 Å². The fraction of sp³-hybridized carbons (Fsp3) is 0.600. The Hall–Kier alpha value is -0.540. The molecule has 1 atom stereocenters. The Labute approximate surface area is 118 Å². The van der Waals surface area contributed by atoms with Crippen molar-refractivity contribution in [2.24, 2.45) is 0 Å². The van der Waals surface area contributed by atoms with Crippen LogP contribution >= 0.6 is 15.9 Å². The molecule has 1 aromatic carbocycles. The van der Waals surface area contributed by atoms with E-state index in [-0.39, 0.29) is 0 Å². The smallest absolute Gasteiger partial charge is 0.0750 e. The number of halogens is 1. The molecule has 1 heterocycles. The molecular weight excluding hydrogens is 290 g/mol. The Balaban J connectivity index is 2.10. The molecule has 0 spiro atoms. The van der Waals surface area contributed by atoms with Gasteiger partial charge in [-0.1, -0.05) is 28.1 Å². The quantitative estimate of drug-likeness (QED) is 0.765. The van der Waals surface area contributed by atoms with E-state index in [1.54, 1.807) is 0 Å². The molecule has 0 N–H and O–H groups in total. The number of anilines is 1. The van der Waals surface area contributed by atoms with Gasteiger partial charge in [0.2, 0.25) is 0 Å². The number of alkyl halides is 1. The van der Waals surface area contributed by atoms with Gasteiger partial charge in [-0.05, 0) is 43.9 Å². The Bertz CT molecular complexity index is 388. The monoisotopic (exact) mass is 311 g/mol. The molecule has 0 bridgehead atoms. The molecule has 18 heavy (non-hydrogen) atoms. The van der Waals surface area contributed by atoms with Crippen LogP contribution < -0.4 is 4.90 Å². The largest absolute Gasteiger partial charge is 0.376 e. The highest BCUT2D eigenvalue weighted by atomic mass is 79.9. The molecule has 2 rings (SSSR count). The number of hydrogen-bond acceptors (Lipinski definition) is 2. The Morgan fingerprint density at radius 2 is 2.28 bits per heavy atom. The average molecular weight is 312 g/mol. The van der Waals surface area contributed by atoms with E-state index >= 15 is 0 Å². The lowest BCUT2D eigenvalue weighted by molar-refractivity contribution is 0.115. The second-order valence-electron chi connectivity index (χ2n) is 4.93. The maximum atomic E-state index is 5.74. The molecule has 1 aliphatic heterocycles. The van der Waals surface area contributed by atoms with Crippen molar-refractivity contribution < 1.29 is 4.74 Å². The van der Waals surface area contributed by atoms with Gasteiger partial charge in [0.1, 0.15) is 0 Å². The summed E-state index contributed by atoms with van der Waals surface area (Å²) in [5.74, 6) is 0. The maximum absolute atomic E-state index is 5.74. The standard InChI is InChI=1S/C15H22BrNO/c1-3-17(11-14-5-4-8-18-14)15-7-6-13(10-16)9-12(15)2/h6-7,9,14H,3-5,8,10-11H2,1-2H3. The van der Waals surface area contributed by atoms with Crippen LogP contribution in [-0.4, -0.2) is 25.8 Å². The highest BCUT2D eigenvalue weighted by Crippen LogP contribution is 2.24. The average Bonchev–Trinajstić information content (AvgIpc) is 2.89. The second kappa shape index (κ2) is 6.58. The molecule has 1 saturated heterocycles. The van der Waals surface area contributed by atoms with Crippen LogP contribution in [0.25, 0.3) is 0 Å². The van der Waals surface area contributed by atoms with Gasteiger partial charge >= 0.3 is 0 Å². The van der Waals surface area contributed by atoms with Crippen molar-refractivity contribution >= 4 is 21.6 Å². The Kier molecular flexibility index (Phi) is 5.07. The fourth-order valence-corrected chi connectivity index (χ4v) is 2.94. The van der Waals surface area contributed by atoms with Crippen molar-refractivity contribution in [1.82, 2.24) is 0 Å². The molecule has 2 nitrogen and oxygen atoms in total. The minimum absolute atomic E-state index is 0.417. The van der Waals surface area contributed by atoms with Crippen molar-refractivity contribution in [3.8, 4) is 0 Å². The van der Waals surface area contributed by atoms with Crippen molar-refractivity contribution in [2.75, 3.05) is 24.6 Å². The first-order valence-electron chi connectivity index (χ1n) is 6.76. The highest BCUT2D eigenvalue weighted by Gasteiger charge is 2.19. The first-order valence-corrected chi connectivity index (χ1v) is 7.88. The highest BCUT2D eigenvalue weighted by molar-refractivity contribution is 9.08. The molecule has 1 aromatic rings. The first kappa shape index (κ1) is 13.9. The number of rotatable bonds is 5. The van der Waals surface area contributed by atoms with Gasteiger partial charge in [0, 0.05) is 30.7 Å². The van der Waals surface area contributed by atoms with Crippen molar-refractivity contribution in [1.29, 1.82) is 0 Å². The minimum atomic E-state index is 0.417. The van der Waals surface area contributed by atoms with Crippen LogP contribution in [0.1, 0.15) is 30.9 Å². The van der Waals surface area contributed by atoms with Gasteiger partial charge in [-0.3, -0.25) is 0 Å². The second-order valence-corrected chi connectivity index (χ2v) is 5.49. The summed E-state index contributed by atoms with van der Waals surface area (Å²) in [5, 5.41) is 0.923. The summed E-state index contributed by atoms with van der Waals surface area (Å²) in [6.45, 7) is 7.40. The summed E-state index contributed by atoms with van der Waals surface area (Å²) in [7, 11) is 0. The van der Waals surface area contributed by atoms with Gasteiger partial charge < -0.3 is 9.64 Å². The summed E-state index contributed by atoms with van der Waals surface area (Å²) in [6, 6.07) is 6.71. The lowest BCUT2D eigenvalue weighted by Gasteiger charge is -2.27. The van der Waals surface area contributed by atoms with Crippen molar-refractivity contribution in [3.63, 3.8) is 0 Å². The third-order valence-corrected chi connectivity index (χ3v) is 4.23. The molecule has 100 valence electrons. The van der Waals surface area contributed by atoms with Gasteiger partial charge in [-0.25, -0.2) is 0 Å². The van der Waals surface area contributed by atoms with Gasteiger partial charge in [-0.15, -0.1) is 0 Å². The van der Waals surface area contributed by atoms with E-state index in [2.05, 4.69) is 52.9 Å². The van der Waals surface area contributed by atoms with Crippen molar-refractivity contribution in [2.45, 2.75) is 38.1 Å². The zero-order valence-electron chi connectivity index (χ0n) is 11.3. The number of ether oxygens (including phenoxy) is 1. The molecule has 1 aliphatic rings. The number of hydrogen-bond donors (Lipinski definition) is 0. The fourth-order valence-electron chi connectivity index (χ4n) is 2.59. The van der Waals surface area contributed by atoms with E-state index in [0.717, 1.165) is 25.0 Å². The molecule has 0 radical (unpaired) electrons. The zero-order chi connectivity index (χ0) is 13.0. The summed E-state index contributed by atoms with van der Waals surface area (Å²) < 4.78 is 5.74. The van der Waals surface area contributed by atoms with Crippen LogP contribution in [0, 0.1) is 6.92 Å². The molecule has 0 aromatic heterocycles. The molecule has 1 fully saturated rings. The predicted molar refractivity (Wildman–Crippen MR) is 80.7 cm³/mol. The topological polar surface area (TPSA) is 12.5 Å². The molecular formula is C15H22BrNO. The third-order valence-electron chi connectivity index (χ3n) is 3.59. The van der Waals surface area contributed by atoms with Crippen molar-refractivity contribution in [3.05, 3.63) is 29.3 Å². The normalized spacial score (nSPS) is 19.2. The molecule has 0 amide bonds. The van der Waals surface area contributed by atoms with Gasteiger partial charge in [0.25, 0.3) is 0 Å². The van der Waals surface area contributed by atoms with E-state index in [9.17, 15) is 0 Å². The number of nitrogens with zero attached hydrogens (tertiary/aromatic N) is 1. The van der Waals surface area contributed by atoms with E-state index in [1.165, 1.54) is 29.7 Å². The molecule has 0 saturated carbocycles. The maximum Gasteiger partial charge on any atom is 0.0750 e. The number of benzene rings is 1. The predicted octanol–water partition coefficient (Wildman–Crippen LogP) is 3.90. The SMILES string of the molecule is CCN(CC1CCCO1)c1ccc(CBr)cc1C. The summed E-state index contributed by atoms with van der Waals surface area (Å²) in [6.07, 6.45) is 2.83. The molecule has 3 heteroatoms. The lowest BCUT2D eigenvalue weighted by Crippen LogP contribution is -2.32. The first-order chi connectivity index (χ1) is 8.74. The minimum Gasteiger partial charge on any atom is -0.376 e. The van der Waals surface area contributed by atoms with Crippen LogP contribution in [-0.2, 0) is 10.1 Å². The Morgan fingerprint density at radius 1 is 1.44 bits per heavy atom. The van der Waals surface area contributed by atoms with Crippen LogP contribution in [0.5, 0.6) is 0 Å². The van der Waals surface area contributed by atoms with Crippen LogP contribution in [0.2, 0.25) is 0 Å². The van der Waals surface area contributed by atoms with Gasteiger partial charge in [0.05, 0.1) is 6.10 Å². The van der Waals surface area contributed by atoms with Gasteiger partial charge in [-0.2, -0.15) is 0 Å². The Morgan fingerprint density at radius 3 is 2.83 bits per heavy atom. The van der Waals surface area contributed by atoms with Crippen LogP contribution in [0.4, 0.5) is 5.69 Å². The number of likely N-dealkylation sites (N-methyl/N-ethyl adjacent to an activating group) is 1. The number of aryl methyl sites for hydroxylation is 1. The lowest BCUT2D eigenvalue weighted by atomic mass is 10.1. The van der Waals surface area contributed by atoms with E-state index in [1.807, 2.05) is 0 Å². The van der Waals surface area contributed by atoms with E-state index in [4.69, 9.17) is 4.74 Å². The third kappa shape index (κ3) is 3.27. The molecule has 0 aliphatic carbocycles. The zero-order valence-corrected chi connectivity index (χ0v) is 12.9. The van der Waals surface area contributed by atoms with Crippen LogP contribution in [0.15, 0.2) is 18.2 Å². The summed E-state index contributed by atoms with van der Waals surface area (Å²) in [4.78, 5) is 2.43. The summed E-state index contributed by atoms with van der Waals surface area (Å²) in [5.41, 5.74) is 4.04. The van der Waals surface area contributed by atoms with E-state index < -0.39 is 0 Å². The molecule has 1 unspecified atom stereocenters. The summed E-state index contributed by atoms with van der Waals surface area (Å²) >= 11 is 3.51.